The Bertz CT molecular complexity index is 420. The number of methoxy groups -OCH3 is 2. The van der Waals surface area contributed by atoms with Crippen LogP contribution in [0.1, 0.15) is 17.4 Å². The molecule has 0 saturated carbocycles. The lowest BCUT2D eigenvalue weighted by Gasteiger charge is -2.16. The van der Waals surface area contributed by atoms with Crippen LogP contribution in [0.5, 0.6) is 11.5 Å². The molecule has 102 valence electrons. The maximum atomic E-state index is 13.6. The summed E-state index contributed by atoms with van der Waals surface area (Å²) in [7, 11) is 2.59. The van der Waals surface area contributed by atoms with Gasteiger partial charge in [-0.05, 0) is 6.07 Å². The molecule has 0 saturated heterocycles. The zero-order chi connectivity index (χ0) is 13.9. The molecule has 7 heteroatoms. The second-order valence-electron chi connectivity index (χ2n) is 3.52. The SMILES string of the molecule is COc1cc(F)c(C(Cl)CC(F)(F)F)cc1OC. The van der Waals surface area contributed by atoms with Gasteiger partial charge in [-0.2, -0.15) is 13.2 Å². The number of ether oxygens (including phenoxy) is 2. The van der Waals surface area contributed by atoms with E-state index in [1.54, 1.807) is 0 Å². The van der Waals surface area contributed by atoms with Crippen molar-refractivity contribution in [2.75, 3.05) is 14.2 Å². The van der Waals surface area contributed by atoms with Gasteiger partial charge in [0.25, 0.3) is 0 Å². The maximum absolute atomic E-state index is 13.6. The van der Waals surface area contributed by atoms with Crippen LogP contribution in [-0.2, 0) is 0 Å². The summed E-state index contributed by atoms with van der Waals surface area (Å²) >= 11 is 5.56. The van der Waals surface area contributed by atoms with Crippen LogP contribution in [0.2, 0.25) is 0 Å². The molecule has 0 aliphatic carbocycles. The Hall–Kier alpha value is -1.17. The Labute approximate surface area is 106 Å². The van der Waals surface area contributed by atoms with Crippen LogP contribution in [-0.4, -0.2) is 20.4 Å². The lowest BCUT2D eigenvalue weighted by molar-refractivity contribution is -0.134. The highest BCUT2D eigenvalue weighted by Crippen LogP contribution is 2.39. The molecule has 1 rings (SSSR count). The molecule has 0 bridgehead atoms. The van der Waals surface area contributed by atoms with Crippen molar-refractivity contribution in [3.05, 3.63) is 23.5 Å². The highest BCUT2D eigenvalue weighted by atomic mass is 35.5. The molecule has 0 aromatic heterocycles. The molecule has 18 heavy (non-hydrogen) atoms. The summed E-state index contributed by atoms with van der Waals surface area (Å²) in [6, 6.07) is 2.05. The monoisotopic (exact) mass is 286 g/mol. The van der Waals surface area contributed by atoms with Gasteiger partial charge < -0.3 is 9.47 Å². The van der Waals surface area contributed by atoms with Gasteiger partial charge in [0.2, 0.25) is 0 Å². The molecule has 0 N–H and O–H groups in total. The Morgan fingerprint density at radius 1 is 1.17 bits per heavy atom. The van der Waals surface area contributed by atoms with Crippen LogP contribution in [0.4, 0.5) is 17.6 Å². The van der Waals surface area contributed by atoms with Gasteiger partial charge in [-0.3, -0.25) is 0 Å². The van der Waals surface area contributed by atoms with Gasteiger partial charge in [-0.25, -0.2) is 4.39 Å². The minimum absolute atomic E-state index is 0.0922. The van der Waals surface area contributed by atoms with E-state index in [2.05, 4.69) is 0 Å². The fourth-order valence-electron chi connectivity index (χ4n) is 1.42. The first-order chi connectivity index (χ1) is 8.28. The second-order valence-corrected chi connectivity index (χ2v) is 4.04. The van der Waals surface area contributed by atoms with Gasteiger partial charge in [0, 0.05) is 11.6 Å². The van der Waals surface area contributed by atoms with Gasteiger partial charge in [0.1, 0.15) is 5.82 Å². The number of hydrogen-bond acceptors (Lipinski definition) is 2. The molecule has 2 nitrogen and oxygen atoms in total. The van der Waals surface area contributed by atoms with Gasteiger partial charge >= 0.3 is 6.18 Å². The van der Waals surface area contributed by atoms with Crippen LogP contribution in [0, 0.1) is 5.82 Å². The predicted molar refractivity (Wildman–Crippen MR) is 58.8 cm³/mol. The van der Waals surface area contributed by atoms with Crippen molar-refractivity contribution in [1.29, 1.82) is 0 Å². The largest absolute Gasteiger partial charge is 0.493 e. The van der Waals surface area contributed by atoms with Crippen molar-refractivity contribution < 1.29 is 27.0 Å². The molecule has 0 spiro atoms. The summed E-state index contributed by atoms with van der Waals surface area (Å²) in [6.45, 7) is 0. The first-order valence-electron chi connectivity index (χ1n) is 4.90. The third kappa shape index (κ3) is 3.66. The third-order valence-electron chi connectivity index (χ3n) is 2.25. The average molecular weight is 287 g/mol. The molecule has 1 aromatic rings. The summed E-state index contributed by atoms with van der Waals surface area (Å²) in [4.78, 5) is 0. The van der Waals surface area contributed by atoms with Gasteiger partial charge in [-0.1, -0.05) is 0 Å². The predicted octanol–water partition coefficient (Wildman–Crippen LogP) is 4.08. The maximum Gasteiger partial charge on any atom is 0.390 e. The molecule has 1 unspecified atom stereocenters. The van der Waals surface area contributed by atoms with E-state index in [4.69, 9.17) is 21.1 Å². The van der Waals surface area contributed by atoms with Crippen LogP contribution < -0.4 is 9.47 Å². The fourth-order valence-corrected chi connectivity index (χ4v) is 1.77. The quantitative estimate of drug-likeness (QED) is 0.613. The number of benzene rings is 1. The Morgan fingerprint density at radius 2 is 1.67 bits per heavy atom. The van der Waals surface area contributed by atoms with E-state index < -0.39 is 23.8 Å². The number of hydrogen-bond donors (Lipinski definition) is 0. The Morgan fingerprint density at radius 3 is 2.11 bits per heavy atom. The van der Waals surface area contributed by atoms with Crippen LogP contribution in [0.25, 0.3) is 0 Å². The third-order valence-corrected chi connectivity index (χ3v) is 2.64. The van der Waals surface area contributed by atoms with E-state index in [1.165, 1.54) is 14.2 Å². The van der Waals surface area contributed by atoms with Gasteiger partial charge in [-0.15, -0.1) is 11.6 Å². The van der Waals surface area contributed by atoms with E-state index in [0.29, 0.717) is 0 Å². The lowest BCUT2D eigenvalue weighted by atomic mass is 10.1. The molecular formula is C11H11ClF4O2. The molecular weight excluding hydrogens is 276 g/mol. The molecule has 0 fully saturated rings. The Kier molecular flexibility index (Phi) is 4.67. The van der Waals surface area contributed by atoms with Crippen molar-refractivity contribution in [1.82, 2.24) is 0 Å². The summed E-state index contributed by atoms with van der Waals surface area (Å²) in [5.74, 6) is -0.645. The molecule has 0 aliphatic rings. The van der Waals surface area contributed by atoms with Crippen LogP contribution in [0.15, 0.2) is 12.1 Å². The second kappa shape index (κ2) is 5.65. The van der Waals surface area contributed by atoms with E-state index in [1.807, 2.05) is 0 Å². The topological polar surface area (TPSA) is 18.5 Å². The van der Waals surface area contributed by atoms with Gasteiger partial charge in [0.05, 0.1) is 26.0 Å². The normalized spacial score (nSPS) is 13.3. The minimum atomic E-state index is -4.47. The number of rotatable bonds is 4. The average Bonchev–Trinajstić information content (AvgIpc) is 2.26. The minimum Gasteiger partial charge on any atom is -0.493 e. The van der Waals surface area contributed by atoms with E-state index in [9.17, 15) is 17.6 Å². The first kappa shape index (κ1) is 14.9. The summed E-state index contributed by atoms with van der Waals surface area (Å²) in [5, 5.41) is -1.51. The van der Waals surface area contributed by atoms with E-state index in [-0.39, 0.29) is 17.1 Å². The first-order valence-corrected chi connectivity index (χ1v) is 5.34. The molecule has 1 atom stereocenters. The zero-order valence-corrected chi connectivity index (χ0v) is 10.4. The van der Waals surface area contributed by atoms with Gasteiger partial charge in [0.15, 0.2) is 11.5 Å². The zero-order valence-electron chi connectivity index (χ0n) is 9.65. The summed E-state index contributed by atoms with van der Waals surface area (Å²) < 4.78 is 59.9. The highest BCUT2D eigenvalue weighted by Gasteiger charge is 2.33. The molecule has 0 heterocycles. The smallest absolute Gasteiger partial charge is 0.390 e. The molecule has 0 amide bonds. The van der Waals surface area contributed by atoms with Crippen molar-refractivity contribution in [2.45, 2.75) is 18.0 Å². The molecule has 0 aliphatic heterocycles. The lowest BCUT2D eigenvalue weighted by Crippen LogP contribution is -2.11. The van der Waals surface area contributed by atoms with Crippen molar-refractivity contribution >= 4 is 11.6 Å². The van der Waals surface area contributed by atoms with Crippen molar-refractivity contribution in [3.63, 3.8) is 0 Å². The van der Waals surface area contributed by atoms with Crippen molar-refractivity contribution in [2.24, 2.45) is 0 Å². The van der Waals surface area contributed by atoms with Crippen molar-refractivity contribution in [3.8, 4) is 11.5 Å². The fraction of sp³-hybridized carbons (Fsp3) is 0.455. The Balaban J connectivity index is 3.09. The van der Waals surface area contributed by atoms with Crippen LogP contribution >= 0.6 is 11.6 Å². The molecule has 1 aromatic carbocycles. The summed E-state index contributed by atoms with van der Waals surface area (Å²) in [6.07, 6.45) is -5.78. The summed E-state index contributed by atoms with van der Waals surface area (Å²) in [5.41, 5.74) is -0.272. The molecule has 0 radical (unpaired) electrons. The van der Waals surface area contributed by atoms with E-state index >= 15 is 0 Å². The van der Waals surface area contributed by atoms with E-state index in [0.717, 1.165) is 12.1 Å². The highest BCUT2D eigenvalue weighted by molar-refractivity contribution is 6.20. The number of alkyl halides is 4. The van der Waals surface area contributed by atoms with Crippen LogP contribution in [0.3, 0.4) is 0 Å². The standard InChI is InChI=1S/C11H11ClF4O2/c1-17-9-3-6(7(12)5-11(14,15)16)8(13)4-10(9)18-2/h3-4,7H,5H2,1-2H3. The number of halogens is 5.